The van der Waals surface area contributed by atoms with Crippen molar-refractivity contribution in [3.05, 3.63) is 53.0 Å². The maximum absolute atomic E-state index is 12.9. The number of fused-ring (bicyclic) bond motifs is 1. The Kier molecular flexibility index (Phi) is 6.15. The third kappa shape index (κ3) is 4.06. The summed E-state index contributed by atoms with van der Waals surface area (Å²) in [5.41, 5.74) is 1.48. The lowest BCUT2D eigenvalue weighted by atomic mass is 10.1. The van der Waals surface area contributed by atoms with Gasteiger partial charge in [0.1, 0.15) is 12.3 Å². The standard InChI is InChI=1S/C22H27N5O5/c1-24-9-11-26(12-10-24)21-23-16-13-17(20(29)31-3)27(19(28)18(16)25(21)2)22(30)32-14-15-7-5-4-6-8-15/h4-8,13,19,28H,9-12,14H2,1-3H3. The van der Waals surface area contributed by atoms with Crippen LogP contribution in [0.5, 0.6) is 0 Å². The number of methoxy groups -OCH3 is 1. The van der Waals surface area contributed by atoms with Crippen LogP contribution in [0.4, 0.5) is 10.7 Å². The molecular weight excluding hydrogens is 414 g/mol. The molecule has 1 aromatic carbocycles. The predicted octanol–water partition coefficient (Wildman–Crippen LogP) is 1.33. The number of imidazole rings is 1. The molecule has 0 saturated carbocycles. The van der Waals surface area contributed by atoms with E-state index in [1.54, 1.807) is 11.6 Å². The number of benzene rings is 1. The summed E-state index contributed by atoms with van der Waals surface area (Å²) in [6.07, 6.45) is -0.853. The van der Waals surface area contributed by atoms with Crippen LogP contribution in [-0.2, 0) is 27.9 Å². The molecule has 1 amide bonds. The Labute approximate surface area is 186 Å². The molecule has 10 heteroatoms. The number of rotatable bonds is 4. The lowest BCUT2D eigenvalue weighted by Gasteiger charge is -2.33. The van der Waals surface area contributed by atoms with Gasteiger partial charge in [-0.3, -0.25) is 0 Å². The highest BCUT2D eigenvalue weighted by Gasteiger charge is 2.40. The first-order chi connectivity index (χ1) is 15.4. The van der Waals surface area contributed by atoms with Gasteiger partial charge in [-0.2, -0.15) is 0 Å². The van der Waals surface area contributed by atoms with Gasteiger partial charge in [0.2, 0.25) is 5.95 Å². The number of piperazine rings is 1. The predicted molar refractivity (Wildman–Crippen MR) is 116 cm³/mol. The number of hydrogen-bond acceptors (Lipinski definition) is 8. The fourth-order valence-corrected chi connectivity index (χ4v) is 3.92. The minimum Gasteiger partial charge on any atom is -0.464 e. The maximum Gasteiger partial charge on any atom is 0.417 e. The Morgan fingerprint density at radius 3 is 2.47 bits per heavy atom. The van der Waals surface area contributed by atoms with Crippen LogP contribution in [0.15, 0.2) is 36.0 Å². The van der Waals surface area contributed by atoms with E-state index in [0.717, 1.165) is 36.6 Å². The van der Waals surface area contributed by atoms with E-state index in [1.807, 2.05) is 30.3 Å². The van der Waals surface area contributed by atoms with Crippen molar-refractivity contribution in [2.45, 2.75) is 12.8 Å². The number of hydrogen-bond donors (Lipinski definition) is 1. The van der Waals surface area contributed by atoms with E-state index in [1.165, 1.54) is 13.2 Å². The first-order valence-corrected chi connectivity index (χ1v) is 10.4. The summed E-state index contributed by atoms with van der Waals surface area (Å²) >= 11 is 0. The van der Waals surface area contributed by atoms with E-state index in [4.69, 9.17) is 9.47 Å². The normalized spacial score (nSPS) is 18.8. The first-order valence-electron chi connectivity index (χ1n) is 10.4. The van der Waals surface area contributed by atoms with Gasteiger partial charge in [0, 0.05) is 33.2 Å². The van der Waals surface area contributed by atoms with Gasteiger partial charge in [0.15, 0.2) is 6.23 Å². The lowest BCUT2D eigenvalue weighted by Crippen LogP contribution is -2.45. The van der Waals surface area contributed by atoms with Crippen molar-refractivity contribution in [1.82, 2.24) is 19.4 Å². The zero-order chi connectivity index (χ0) is 22.8. The smallest absolute Gasteiger partial charge is 0.417 e. The Hall–Kier alpha value is -3.37. The summed E-state index contributed by atoms with van der Waals surface area (Å²) in [6.45, 7) is 3.35. The quantitative estimate of drug-likeness (QED) is 0.710. The average molecular weight is 441 g/mol. The number of aliphatic hydroxyl groups is 1. The first kappa shape index (κ1) is 21.8. The third-order valence-corrected chi connectivity index (χ3v) is 5.75. The van der Waals surface area contributed by atoms with E-state index in [9.17, 15) is 14.7 Å². The van der Waals surface area contributed by atoms with Crippen LogP contribution < -0.4 is 4.90 Å². The van der Waals surface area contributed by atoms with Gasteiger partial charge in [0.25, 0.3) is 0 Å². The summed E-state index contributed by atoms with van der Waals surface area (Å²) in [7, 11) is 5.06. The number of carbonyl (C=O) groups is 2. The monoisotopic (exact) mass is 441 g/mol. The number of nitrogens with zero attached hydrogens (tertiary/aromatic N) is 5. The number of carbonyl (C=O) groups excluding carboxylic acids is 2. The molecule has 2 aromatic rings. The molecular formula is C22H27N5O5. The zero-order valence-electron chi connectivity index (χ0n) is 18.4. The van der Waals surface area contributed by atoms with Gasteiger partial charge in [-0.1, -0.05) is 30.3 Å². The highest BCUT2D eigenvalue weighted by molar-refractivity contribution is 5.97. The minimum atomic E-state index is -1.45. The number of ether oxygens (including phenoxy) is 2. The van der Waals surface area contributed by atoms with Crippen LogP contribution in [-0.4, -0.2) is 76.9 Å². The Balaban J connectivity index is 1.63. The van der Waals surface area contributed by atoms with Gasteiger partial charge in [-0.15, -0.1) is 0 Å². The van der Waals surface area contributed by atoms with Gasteiger partial charge in [-0.05, 0) is 18.7 Å². The molecule has 3 heterocycles. The van der Waals surface area contributed by atoms with Crippen LogP contribution in [0.3, 0.4) is 0 Å². The summed E-state index contributed by atoms with van der Waals surface area (Å²) in [5.74, 6) is -0.0970. The average Bonchev–Trinajstić information content (AvgIpc) is 3.14. The van der Waals surface area contributed by atoms with Crippen LogP contribution in [0.25, 0.3) is 6.08 Å². The Morgan fingerprint density at radius 2 is 1.81 bits per heavy atom. The molecule has 0 spiro atoms. The number of amides is 1. The summed E-state index contributed by atoms with van der Waals surface area (Å²) in [5, 5.41) is 11.1. The molecule has 170 valence electrons. The second kappa shape index (κ2) is 9.01. The van der Waals surface area contributed by atoms with Gasteiger partial charge < -0.3 is 28.9 Å². The molecule has 10 nitrogen and oxygen atoms in total. The molecule has 1 N–H and O–H groups in total. The number of anilines is 1. The summed E-state index contributed by atoms with van der Waals surface area (Å²) in [6, 6.07) is 9.16. The molecule has 1 atom stereocenters. The number of aromatic nitrogens is 2. The van der Waals surface area contributed by atoms with E-state index in [2.05, 4.69) is 21.8 Å². The van der Waals surface area contributed by atoms with E-state index >= 15 is 0 Å². The van der Waals surface area contributed by atoms with E-state index in [0.29, 0.717) is 17.3 Å². The van der Waals surface area contributed by atoms with Crippen molar-refractivity contribution in [1.29, 1.82) is 0 Å². The van der Waals surface area contributed by atoms with Gasteiger partial charge >= 0.3 is 12.1 Å². The zero-order valence-corrected chi connectivity index (χ0v) is 18.4. The molecule has 0 aliphatic carbocycles. The van der Waals surface area contributed by atoms with Crippen molar-refractivity contribution in [3.63, 3.8) is 0 Å². The molecule has 0 radical (unpaired) electrons. The van der Waals surface area contributed by atoms with Crippen molar-refractivity contribution >= 4 is 24.1 Å². The molecule has 1 saturated heterocycles. The molecule has 2 aliphatic rings. The topological polar surface area (TPSA) is 100 Å². The largest absolute Gasteiger partial charge is 0.464 e. The molecule has 1 fully saturated rings. The van der Waals surface area contributed by atoms with Crippen molar-refractivity contribution in [2.75, 3.05) is 45.2 Å². The highest BCUT2D eigenvalue weighted by atomic mass is 16.6. The molecule has 0 bridgehead atoms. The van der Waals surface area contributed by atoms with Gasteiger partial charge in [-0.25, -0.2) is 19.5 Å². The maximum atomic E-state index is 12.9. The third-order valence-electron chi connectivity index (χ3n) is 5.75. The SMILES string of the molecule is COC(=O)C1=Cc2nc(N3CCN(C)CC3)n(C)c2C(O)N1C(=O)OCc1ccccc1. The fourth-order valence-electron chi connectivity index (χ4n) is 3.92. The van der Waals surface area contributed by atoms with Crippen molar-refractivity contribution in [2.24, 2.45) is 7.05 Å². The molecule has 1 aromatic heterocycles. The minimum absolute atomic E-state index is 0.00212. The van der Waals surface area contributed by atoms with Crippen LogP contribution in [0, 0.1) is 0 Å². The Morgan fingerprint density at radius 1 is 1.12 bits per heavy atom. The highest BCUT2D eigenvalue weighted by Crippen LogP contribution is 2.36. The second-order valence-electron chi connectivity index (χ2n) is 7.84. The fraction of sp³-hybridized carbons (Fsp3) is 0.409. The summed E-state index contributed by atoms with van der Waals surface area (Å²) < 4.78 is 12.0. The molecule has 4 rings (SSSR count). The number of likely N-dealkylation sites (N-methyl/N-ethyl adjacent to an activating group) is 1. The molecule has 32 heavy (non-hydrogen) atoms. The Bertz CT molecular complexity index is 1030. The van der Waals surface area contributed by atoms with Crippen LogP contribution in [0.2, 0.25) is 0 Å². The summed E-state index contributed by atoms with van der Waals surface area (Å²) in [4.78, 5) is 35.3. The van der Waals surface area contributed by atoms with Crippen molar-refractivity contribution < 1.29 is 24.2 Å². The van der Waals surface area contributed by atoms with E-state index < -0.39 is 18.3 Å². The second-order valence-corrected chi connectivity index (χ2v) is 7.84. The van der Waals surface area contributed by atoms with Crippen LogP contribution >= 0.6 is 0 Å². The van der Waals surface area contributed by atoms with Crippen LogP contribution in [0.1, 0.15) is 23.2 Å². The number of aliphatic hydroxyl groups excluding tert-OH is 1. The lowest BCUT2D eigenvalue weighted by molar-refractivity contribution is -0.139. The molecule has 1 unspecified atom stereocenters. The van der Waals surface area contributed by atoms with E-state index in [-0.39, 0.29) is 12.3 Å². The van der Waals surface area contributed by atoms with Gasteiger partial charge in [0.05, 0.1) is 18.5 Å². The number of esters is 1. The van der Waals surface area contributed by atoms with Crippen molar-refractivity contribution in [3.8, 4) is 0 Å². The molecule has 2 aliphatic heterocycles.